The third-order valence-corrected chi connectivity index (χ3v) is 5.84. The highest BCUT2D eigenvalue weighted by atomic mass is 35.5. The largest absolute Gasteiger partial charge is 0.347 e. The summed E-state index contributed by atoms with van der Waals surface area (Å²) in [6, 6.07) is 14.8. The normalized spacial score (nSPS) is 17.4. The second-order valence-corrected chi connectivity index (χ2v) is 8.11. The predicted molar refractivity (Wildman–Crippen MR) is 123 cm³/mol. The van der Waals surface area contributed by atoms with Crippen molar-refractivity contribution in [1.29, 1.82) is 0 Å². The molecule has 4 aromatic rings. The number of aliphatic imine (C=N–C) groups is 1. The summed E-state index contributed by atoms with van der Waals surface area (Å²) in [4.78, 5) is 34.0. The van der Waals surface area contributed by atoms with Gasteiger partial charge in [0.1, 0.15) is 11.6 Å². The van der Waals surface area contributed by atoms with Crippen LogP contribution in [0.25, 0.3) is 10.9 Å². The van der Waals surface area contributed by atoms with Crippen molar-refractivity contribution in [2.45, 2.75) is 25.4 Å². The number of imide groups is 1. The first-order valence-corrected chi connectivity index (χ1v) is 10.7. The Morgan fingerprint density at radius 2 is 1.88 bits per heavy atom. The summed E-state index contributed by atoms with van der Waals surface area (Å²) in [6.45, 7) is 1.61. The topological polar surface area (TPSA) is 81.3 Å². The van der Waals surface area contributed by atoms with Gasteiger partial charge in [-0.25, -0.2) is 9.98 Å². The standard InChI is InChI=1S/C24H20ClN5O2/c25-16-6-8-17(9-7-16)27-22-21(23(31)28-24(22)32)19-14-30(20-5-2-1-4-18(19)20)12-3-11-29-13-10-26-15-29/h1-2,4-10,13-15,21H,3,11-12H2,(H,28,31,32). The Kier molecular flexibility index (Phi) is 5.33. The van der Waals surface area contributed by atoms with Gasteiger partial charge in [-0.05, 0) is 42.3 Å². The molecular weight excluding hydrogens is 426 g/mol. The lowest BCUT2D eigenvalue weighted by atomic mass is 9.95. The van der Waals surface area contributed by atoms with E-state index in [9.17, 15) is 9.59 Å². The number of hydrogen-bond acceptors (Lipinski definition) is 4. The molecule has 2 amide bonds. The number of carbonyl (C=O) groups is 2. The van der Waals surface area contributed by atoms with Crippen LogP contribution in [0.1, 0.15) is 17.9 Å². The average molecular weight is 446 g/mol. The van der Waals surface area contributed by atoms with Crippen LogP contribution in [0.5, 0.6) is 0 Å². The maximum absolute atomic E-state index is 12.8. The summed E-state index contributed by atoms with van der Waals surface area (Å²) >= 11 is 5.96. The molecule has 1 atom stereocenters. The maximum atomic E-state index is 12.8. The Morgan fingerprint density at radius 3 is 2.66 bits per heavy atom. The Labute approximate surface area is 189 Å². The van der Waals surface area contributed by atoms with Gasteiger partial charge in [0.2, 0.25) is 5.91 Å². The second kappa shape index (κ2) is 8.43. The molecule has 5 rings (SSSR count). The van der Waals surface area contributed by atoms with Crippen molar-refractivity contribution in [3.8, 4) is 0 Å². The number of hydrogen-bond donors (Lipinski definition) is 1. The third kappa shape index (κ3) is 3.83. The summed E-state index contributed by atoms with van der Waals surface area (Å²) in [5, 5.41) is 3.95. The molecule has 1 N–H and O–H groups in total. The number of fused-ring (bicyclic) bond motifs is 1. The van der Waals surface area contributed by atoms with Gasteiger partial charge < -0.3 is 9.13 Å². The van der Waals surface area contributed by atoms with E-state index in [0.717, 1.165) is 36.0 Å². The molecule has 0 saturated carbocycles. The highest BCUT2D eigenvalue weighted by Crippen LogP contribution is 2.33. The van der Waals surface area contributed by atoms with Crippen LogP contribution >= 0.6 is 11.6 Å². The van der Waals surface area contributed by atoms with Crippen molar-refractivity contribution >= 4 is 45.7 Å². The highest BCUT2D eigenvalue weighted by molar-refractivity contribution is 6.52. The molecule has 0 radical (unpaired) electrons. The fraction of sp³-hybridized carbons (Fsp3) is 0.167. The Bertz CT molecular complexity index is 1320. The monoisotopic (exact) mass is 445 g/mol. The van der Waals surface area contributed by atoms with Crippen molar-refractivity contribution in [2.24, 2.45) is 4.99 Å². The molecule has 1 saturated heterocycles. The van der Waals surface area contributed by atoms with Crippen LogP contribution in [0.3, 0.4) is 0 Å². The zero-order valence-electron chi connectivity index (χ0n) is 17.1. The van der Waals surface area contributed by atoms with E-state index >= 15 is 0 Å². The summed E-state index contributed by atoms with van der Waals surface area (Å²) in [6.07, 6.45) is 8.37. The molecule has 0 aliphatic carbocycles. The number of carbonyl (C=O) groups excluding carboxylic acids is 2. The van der Waals surface area contributed by atoms with Crippen molar-refractivity contribution in [2.75, 3.05) is 0 Å². The number of imidazole rings is 1. The molecule has 2 aromatic heterocycles. The van der Waals surface area contributed by atoms with Gasteiger partial charge in [0.05, 0.1) is 12.0 Å². The van der Waals surface area contributed by atoms with Gasteiger partial charge >= 0.3 is 0 Å². The SMILES string of the molecule is O=C1NC(=O)C(c2cn(CCCn3ccnc3)c3ccccc23)C1=Nc1ccc(Cl)cc1. The molecule has 0 spiro atoms. The summed E-state index contributed by atoms with van der Waals surface area (Å²) < 4.78 is 4.17. The molecule has 1 fully saturated rings. The van der Waals surface area contributed by atoms with E-state index < -0.39 is 11.8 Å². The maximum Gasteiger partial charge on any atom is 0.273 e. The number of amides is 2. The zero-order chi connectivity index (χ0) is 22.1. The Morgan fingerprint density at radius 1 is 1.06 bits per heavy atom. The number of para-hydroxylation sites is 1. The smallest absolute Gasteiger partial charge is 0.273 e. The highest BCUT2D eigenvalue weighted by Gasteiger charge is 2.40. The molecule has 160 valence electrons. The first kappa shape index (κ1) is 20.2. The summed E-state index contributed by atoms with van der Waals surface area (Å²) in [5.74, 6) is -1.59. The second-order valence-electron chi connectivity index (χ2n) is 7.67. The van der Waals surface area contributed by atoms with E-state index in [4.69, 9.17) is 11.6 Å². The van der Waals surface area contributed by atoms with Crippen LogP contribution in [0, 0.1) is 0 Å². The molecule has 7 nitrogen and oxygen atoms in total. The lowest BCUT2D eigenvalue weighted by molar-refractivity contribution is -0.124. The Balaban J connectivity index is 1.51. The fourth-order valence-corrected chi connectivity index (χ4v) is 4.22. The number of nitrogens with one attached hydrogen (secondary N) is 1. The van der Waals surface area contributed by atoms with Gasteiger partial charge in [-0.15, -0.1) is 0 Å². The van der Waals surface area contributed by atoms with Crippen LogP contribution in [0.4, 0.5) is 5.69 Å². The predicted octanol–water partition coefficient (Wildman–Crippen LogP) is 4.09. The first-order valence-electron chi connectivity index (χ1n) is 10.3. The van der Waals surface area contributed by atoms with E-state index in [2.05, 4.69) is 19.9 Å². The Hall–Kier alpha value is -3.71. The third-order valence-electron chi connectivity index (χ3n) is 5.59. The molecule has 1 aliphatic rings. The van der Waals surface area contributed by atoms with E-state index in [1.165, 1.54) is 0 Å². The molecule has 1 unspecified atom stereocenters. The molecule has 3 heterocycles. The number of benzene rings is 2. The minimum atomic E-state index is -0.766. The van der Waals surface area contributed by atoms with Crippen molar-refractivity contribution in [3.05, 3.63) is 84.0 Å². The van der Waals surface area contributed by atoms with Crippen LogP contribution in [0.2, 0.25) is 5.02 Å². The van der Waals surface area contributed by atoms with Crippen LogP contribution < -0.4 is 5.32 Å². The minimum Gasteiger partial charge on any atom is -0.347 e. The van der Waals surface area contributed by atoms with Crippen molar-refractivity contribution in [3.63, 3.8) is 0 Å². The number of nitrogens with zero attached hydrogens (tertiary/aromatic N) is 4. The molecule has 2 aromatic carbocycles. The lowest BCUT2D eigenvalue weighted by Crippen LogP contribution is -2.22. The van der Waals surface area contributed by atoms with Gasteiger partial charge in [0, 0.05) is 47.6 Å². The van der Waals surface area contributed by atoms with Gasteiger partial charge in [-0.1, -0.05) is 29.8 Å². The van der Waals surface area contributed by atoms with Crippen LogP contribution in [-0.4, -0.2) is 31.6 Å². The summed E-state index contributed by atoms with van der Waals surface area (Å²) in [7, 11) is 0. The lowest BCUT2D eigenvalue weighted by Gasteiger charge is -2.07. The van der Waals surface area contributed by atoms with Crippen LogP contribution in [0.15, 0.2) is 78.4 Å². The molecular formula is C24H20ClN5O2. The van der Waals surface area contributed by atoms with Gasteiger partial charge in [0.25, 0.3) is 5.91 Å². The minimum absolute atomic E-state index is 0.193. The number of rotatable bonds is 6. The first-order chi connectivity index (χ1) is 15.6. The van der Waals surface area contributed by atoms with Crippen molar-refractivity contribution in [1.82, 2.24) is 19.4 Å². The van der Waals surface area contributed by atoms with E-state index in [0.29, 0.717) is 10.7 Å². The van der Waals surface area contributed by atoms with Gasteiger partial charge in [-0.2, -0.15) is 0 Å². The molecule has 32 heavy (non-hydrogen) atoms. The van der Waals surface area contributed by atoms with Crippen molar-refractivity contribution < 1.29 is 9.59 Å². The summed E-state index contributed by atoms with van der Waals surface area (Å²) in [5.41, 5.74) is 2.56. The quantitative estimate of drug-likeness (QED) is 0.454. The van der Waals surface area contributed by atoms with E-state index in [1.54, 1.807) is 36.8 Å². The number of halogens is 1. The van der Waals surface area contributed by atoms with E-state index in [-0.39, 0.29) is 11.6 Å². The van der Waals surface area contributed by atoms with Gasteiger partial charge in [-0.3, -0.25) is 14.9 Å². The zero-order valence-corrected chi connectivity index (χ0v) is 17.9. The molecule has 0 bridgehead atoms. The van der Waals surface area contributed by atoms with E-state index in [1.807, 2.05) is 41.2 Å². The average Bonchev–Trinajstić information content (AvgIpc) is 3.49. The molecule has 1 aliphatic heterocycles. The molecule has 8 heteroatoms. The number of aryl methyl sites for hydroxylation is 2. The van der Waals surface area contributed by atoms with Gasteiger partial charge in [0.15, 0.2) is 0 Å². The van der Waals surface area contributed by atoms with Crippen LogP contribution in [-0.2, 0) is 22.7 Å². The number of aromatic nitrogens is 3. The fourth-order valence-electron chi connectivity index (χ4n) is 4.09.